The molecule has 19 heavy (non-hydrogen) atoms. The number of amides is 1. The largest absolute Gasteiger partial charge is 0.384 e. The molecule has 1 aliphatic carbocycles. The number of hydrogen-bond donors (Lipinski definition) is 1. The van der Waals surface area contributed by atoms with Gasteiger partial charge in [-0.2, -0.15) is 0 Å². The summed E-state index contributed by atoms with van der Waals surface area (Å²) in [7, 11) is 1.85. The van der Waals surface area contributed by atoms with Crippen molar-refractivity contribution in [2.75, 3.05) is 13.7 Å². The van der Waals surface area contributed by atoms with Crippen LogP contribution in [0.25, 0.3) is 0 Å². The number of aliphatic hydroxyl groups is 1. The maximum Gasteiger partial charge on any atom is 0.225 e. The fraction of sp³-hybridized carbons (Fsp3) is 0.438. The molecule has 0 unspecified atom stereocenters. The summed E-state index contributed by atoms with van der Waals surface area (Å²) in [5.74, 6) is 5.99. The van der Waals surface area contributed by atoms with E-state index in [2.05, 4.69) is 11.8 Å². The zero-order valence-electron chi connectivity index (χ0n) is 11.2. The summed E-state index contributed by atoms with van der Waals surface area (Å²) in [6, 6.07) is 7.79. The second-order valence-corrected chi connectivity index (χ2v) is 4.98. The van der Waals surface area contributed by atoms with Gasteiger partial charge in [-0.1, -0.05) is 30.4 Å². The lowest BCUT2D eigenvalue weighted by Gasteiger charge is -2.29. The Bertz CT molecular complexity index is 509. The zero-order chi connectivity index (χ0) is 13.7. The van der Waals surface area contributed by atoms with Crippen molar-refractivity contribution in [1.29, 1.82) is 0 Å². The Hall–Kier alpha value is -1.79. The van der Waals surface area contributed by atoms with Gasteiger partial charge in [0.1, 0.15) is 6.61 Å². The maximum atomic E-state index is 12.1. The van der Waals surface area contributed by atoms with Crippen molar-refractivity contribution >= 4 is 5.91 Å². The molecule has 100 valence electrons. The summed E-state index contributed by atoms with van der Waals surface area (Å²) in [5, 5.41) is 8.68. The third kappa shape index (κ3) is 3.59. The molecule has 0 aromatic heterocycles. The first-order valence-electron chi connectivity index (χ1n) is 6.64. The molecule has 0 heterocycles. The predicted molar refractivity (Wildman–Crippen MR) is 74.2 cm³/mol. The second-order valence-electron chi connectivity index (χ2n) is 4.98. The number of carbonyl (C=O) groups excluding carboxylic acids is 1. The second kappa shape index (κ2) is 6.40. The van der Waals surface area contributed by atoms with E-state index in [0.29, 0.717) is 6.54 Å². The first-order valence-corrected chi connectivity index (χ1v) is 6.64. The number of hydrogen-bond acceptors (Lipinski definition) is 2. The molecule has 0 aliphatic heterocycles. The van der Waals surface area contributed by atoms with Gasteiger partial charge in [-0.05, 0) is 30.5 Å². The van der Waals surface area contributed by atoms with E-state index in [4.69, 9.17) is 5.11 Å². The van der Waals surface area contributed by atoms with Crippen molar-refractivity contribution < 1.29 is 9.90 Å². The first-order chi connectivity index (χ1) is 9.20. The van der Waals surface area contributed by atoms with E-state index in [9.17, 15) is 4.79 Å². The van der Waals surface area contributed by atoms with E-state index < -0.39 is 0 Å². The molecule has 1 fully saturated rings. The highest BCUT2D eigenvalue weighted by Crippen LogP contribution is 2.28. The summed E-state index contributed by atoms with van der Waals surface area (Å²) in [5.41, 5.74) is 1.94. The van der Waals surface area contributed by atoms with Crippen LogP contribution in [0.5, 0.6) is 0 Å². The van der Waals surface area contributed by atoms with Crippen LogP contribution >= 0.6 is 0 Å². The van der Waals surface area contributed by atoms with Crippen LogP contribution in [0, 0.1) is 17.8 Å². The van der Waals surface area contributed by atoms with E-state index in [1.54, 1.807) is 4.90 Å². The monoisotopic (exact) mass is 257 g/mol. The molecule has 0 atom stereocenters. The van der Waals surface area contributed by atoms with E-state index in [0.717, 1.165) is 24.0 Å². The molecule has 0 saturated heterocycles. The van der Waals surface area contributed by atoms with Gasteiger partial charge in [0, 0.05) is 25.1 Å². The highest BCUT2D eigenvalue weighted by atomic mass is 16.2. The minimum atomic E-state index is -0.135. The predicted octanol–water partition coefficient (Wildman–Crippen LogP) is 1.79. The minimum Gasteiger partial charge on any atom is -0.384 e. The molecule has 3 heteroatoms. The lowest BCUT2D eigenvalue weighted by atomic mass is 9.84. The number of aliphatic hydroxyl groups excluding tert-OH is 1. The molecule has 1 aliphatic rings. The van der Waals surface area contributed by atoms with Crippen molar-refractivity contribution in [2.24, 2.45) is 5.92 Å². The van der Waals surface area contributed by atoms with E-state index in [-0.39, 0.29) is 18.4 Å². The van der Waals surface area contributed by atoms with Crippen molar-refractivity contribution in [3.63, 3.8) is 0 Å². The molecular formula is C16H19NO2. The van der Waals surface area contributed by atoms with Crippen molar-refractivity contribution in [2.45, 2.75) is 25.8 Å². The summed E-state index contributed by atoms with van der Waals surface area (Å²) in [6.45, 7) is 0.480. The molecule has 0 spiro atoms. The third-order valence-electron chi connectivity index (χ3n) is 3.49. The summed E-state index contributed by atoms with van der Waals surface area (Å²) in [6.07, 6.45) is 3.24. The summed E-state index contributed by atoms with van der Waals surface area (Å²) < 4.78 is 0. The molecule has 1 saturated carbocycles. The molecular weight excluding hydrogens is 238 g/mol. The van der Waals surface area contributed by atoms with Gasteiger partial charge in [0.25, 0.3) is 0 Å². The van der Waals surface area contributed by atoms with E-state index in [1.807, 2.05) is 31.3 Å². The van der Waals surface area contributed by atoms with E-state index in [1.165, 1.54) is 6.42 Å². The fourth-order valence-electron chi connectivity index (χ4n) is 2.21. The van der Waals surface area contributed by atoms with Gasteiger partial charge in [-0.15, -0.1) is 0 Å². The fourth-order valence-corrected chi connectivity index (χ4v) is 2.21. The van der Waals surface area contributed by atoms with Crippen molar-refractivity contribution in [3.05, 3.63) is 35.4 Å². The quantitative estimate of drug-likeness (QED) is 0.839. The van der Waals surface area contributed by atoms with Gasteiger partial charge in [-0.25, -0.2) is 0 Å². The third-order valence-corrected chi connectivity index (χ3v) is 3.49. The van der Waals surface area contributed by atoms with Crippen molar-refractivity contribution in [3.8, 4) is 11.8 Å². The standard InChI is InChI=1S/C16H19NO2/c1-17(16(19)15-8-3-9-15)12-14-6-2-5-13(11-14)7-4-10-18/h2,5-6,11,15,18H,3,8-10,12H2,1H3. The van der Waals surface area contributed by atoms with Gasteiger partial charge in [0.2, 0.25) is 5.91 Å². The summed E-state index contributed by atoms with van der Waals surface area (Å²) >= 11 is 0. The van der Waals surface area contributed by atoms with E-state index >= 15 is 0 Å². The Balaban J connectivity index is 1.99. The van der Waals surface area contributed by atoms with Crippen LogP contribution in [0.15, 0.2) is 24.3 Å². The molecule has 1 aromatic carbocycles. The summed E-state index contributed by atoms with van der Waals surface area (Å²) in [4.78, 5) is 13.8. The zero-order valence-corrected chi connectivity index (χ0v) is 11.2. The van der Waals surface area contributed by atoms with Crippen LogP contribution in [0.3, 0.4) is 0 Å². The first kappa shape index (κ1) is 13.6. The molecule has 3 nitrogen and oxygen atoms in total. The van der Waals surface area contributed by atoms with Crippen molar-refractivity contribution in [1.82, 2.24) is 4.90 Å². The molecule has 0 radical (unpaired) electrons. The molecule has 1 amide bonds. The maximum absolute atomic E-state index is 12.1. The van der Waals surface area contributed by atoms with Gasteiger partial charge >= 0.3 is 0 Å². The smallest absolute Gasteiger partial charge is 0.225 e. The molecule has 0 bridgehead atoms. The number of rotatable bonds is 3. The average molecular weight is 257 g/mol. The van der Waals surface area contributed by atoms with Gasteiger partial charge in [0.15, 0.2) is 0 Å². The van der Waals surface area contributed by atoms with Crippen LogP contribution in [0.2, 0.25) is 0 Å². The Kier molecular flexibility index (Phi) is 4.59. The van der Waals surface area contributed by atoms with Crippen LogP contribution < -0.4 is 0 Å². The number of benzene rings is 1. The number of nitrogens with zero attached hydrogens (tertiary/aromatic N) is 1. The highest BCUT2D eigenvalue weighted by molar-refractivity contribution is 5.79. The average Bonchev–Trinajstić information content (AvgIpc) is 2.34. The Labute approximate surface area is 114 Å². The van der Waals surface area contributed by atoms with Gasteiger partial charge < -0.3 is 10.0 Å². The molecule has 1 N–H and O–H groups in total. The Morgan fingerprint density at radius 3 is 2.89 bits per heavy atom. The van der Waals surface area contributed by atoms with Crippen LogP contribution in [-0.2, 0) is 11.3 Å². The van der Waals surface area contributed by atoms with Crippen LogP contribution in [-0.4, -0.2) is 29.6 Å². The van der Waals surface area contributed by atoms with Crippen LogP contribution in [0.4, 0.5) is 0 Å². The topological polar surface area (TPSA) is 40.5 Å². The SMILES string of the molecule is CN(Cc1cccc(C#CCO)c1)C(=O)C1CCC1. The minimum absolute atomic E-state index is 0.135. The van der Waals surface area contributed by atoms with Crippen LogP contribution in [0.1, 0.15) is 30.4 Å². The molecule has 2 rings (SSSR count). The Morgan fingerprint density at radius 2 is 2.26 bits per heavy atom. The lowest BCUT2D eigenvalue weighted by Crippen LogP contribution is -2.35. The molecule has 1 aromatic rings. The lowest BCUT2D eigenvalue weighted by molar-refractivity contribution is -0.137. The van der Waals surface area contributed by atoms with Gasteiger partial charge in [0.05, 0.1) is 0 Å². The normalized spacial score (nSPS) is 14.2. The number of carbonyl (C=O) groups is 1. The highest BCUT2D eigenvalue weighted by Gasteiger charge is 2.27. The Morgan fingerprint density at radius 1 is 1.47 bits per heavy atom. The van der Waals surface area contributed by atoms with Gasteiger partial charge in [-0.3, -0.25) is 4.79 Å².